The summed E-state index contributed by atoms with van der Waals surface area (Å²) in [7, 11) is 0. The van der Waals surface area contributed by atoms with Gasteiger partial charge < -0.3 is 15.9 Å². The van der Waals surface area contributed by atoms with Crippen LogP contribution in [0.5, 0.6) is 0 Å². The molecule has 148 valence electrons. The Morgan fingerprint density at radius 1 is 1.14 bits per heavy atom. The molecule has 2 atom stereocenters. The first-order chi connectivity index (χ1) is 13.9. The molecule has 0 aliphatic heterocycles. The van der Waals surface area contributed by atoms with Crippen LogP contribution in [0.3, 0.4) is 0 Å². The van der Waals surface area contributed by atoms with Crippen molar-refractivity contribution in [3.63, 3.8) is 0 Å². The van der Waals surface area contributed by atoms with Gasteiger partial charge in [-0.15, -0.1) is 11.3 Å². The first-order valence-corrected chi connectivity index (χ1v) is 10.4. The van der Waals surface area contributed by atoms with Crippen molar-refractivity contribution >= 4 is 33.0 Å². The third-order valence-electron chi connectivity index (χ3n) is 5.08. The second-order valence-electron chi connectivity index (χ2n) is 7.23. The number of pyridine rings is 1. The van der Waals surface area contributed by atoms with Crippen LogP contribution in [0.1, 0.15) is 29.0 Å². The van der Waals surface area contributed by atoms with E-state index in [1.165, 1.54) is 0 Å². The van der Waals surface area contributed by atoms with Gasteiger partial charge in [0.25, 0.3) is 0 Å². The highest BCUT2D eigenvalue weighted by molar-refractivity contribution is 7.19. The molecular formula is C23H21ClN2O2S. The number of aliphatic hydroxyl groups is 2. The molecule has 0 aliphatic carbocycles. The van der Waals surface area contributed by atoms with Crippen LogP contribution in [0, 0.1) is 0 Å². The molecule has 4 rings (SSSR count). The zero-order valence-electron chi connectivity index (χ0n) is 15.8. The van der Waals surface area contributed by atoms with E-state index in [0.29, 0.717) is 10.6 Å². The van der Waals surface area contributed by atoms with Gasteiger partial charge >= 0.3 is 0 Å². The Bertz CT molecular complexity index is 1170. The summed E-state index contributed by atoms with van der Waals surface area (Å²) in [6.07, 6.45) is 1.65. The molecule has 0 fully saturated rings. The largest absolute Gasteiger partial charge is 0.393 e. The summed E-state index contributed by atoms with van der Waals surface area (Å²) >= 11 is 7.95. The lowest BCUT2D eigenvalue weighted by Crippen LogP contribution is -2.25. The number of halogens is 1. The third-order valence-corrected chi connectivity index (χ3v) is 6.69. The Labute approximate surface area is 178 Å². The lowest BCUT2D eigenvalue weighted by molar-refractivity contribution is -0.00230. The van der Waals surface area contributed by atoms with Crippen LogP contribution in [0.15, 0.2) is 66.9 Å². The van der Waals surface area contributed by atoms with Gasteiger partial charge in [-0.1, -0.05) is 48.0 Å². The minimum atomic E-state index is -1.32. The number of fused-ring (bicyclic) bond motifs is 1. The van der Waals surface area contributed by atoms with Crippen LogP contribution in [-0.4, -0.2) is 21.8 Å². The summed E-state index contributed by atoms with van der Waals surface area (Å²) < 4.78 is 1.07. The Morgan fingerprint density at radius 2 is 1.93 bits per heavy atom. The predicted octanol–water partition coefficient (Wildman–Crippen LogP) is 4.86. The maximum Gasteiger partial charge on any atom is 0.110 e. The Morgan fingerprint density at radius 3 is 2.69 bits per heavy atom. The number of aliphatic hydroxyl groups excluding tert-OH is 1. The number of nitrogens with zero attached hydrogens (tertiary/aromatic N) is 1. The summed E-state index contributed by atoms with van der Waals surface area (Å²) in [6, 6.07) is 18.9. The van der Waals surface area contributed by atoms with E-state index in [1.807, 2.05) is 48.5 Å². The van der Waals surface area contributed by atoms with Crippen LogP contribution in [0.2, 0.25) is 5.02 Å². The van der Waals surface area contributed by atoms with Gasteiger partial charge in [-0.3, -0.25) is 4.98 Å². The highest BCUT2D eigenvalue weighted by atomic mass is 35.5. The maximum absolute atomic E-state index is 10.4. The Hall–Kier alpha value is -2.28. The molecule has 0 amide bonds. The van der Waals surface area contributed by atoms with E-state index in [2.05, 4.69) is 11.1 Å². The summed E-state index contributed by atoms with van der Waals surface area (Å²) in [5, 5.41) is 21.6. The fourth-order valence-electron chi connectivity index (χ4n) is 3.32. The highest BCUT2D eigenvalue weighted by Crippen LogP contribution is 2.39. The van der Waals surface area contributed by atoms with Crippen molar-refractivity contribution in [2.24, 2.45) is 5.73 Å². The molecule has 0 bridgehead atoms. The first-order valence-electron chi connectivity index (χ1n) is 9.23. The maximum atomic E-state index is 10.4. The van der Waals surface area contributed by atoms with Gasteiger partial charge in [0.15, 0.2) is 0 Å². The molecule has 29 heavy (non-hydrogen) atoms. The Kier molecular flexibility index (Phi) is 5.42. The van der Waals surface area contributed by atoms with Gasteiger partial charge in [-0.2, -0.15) is 0 Å². The number of nitrogens with two attached hydrogens (primary N) is 1. The van der Waals surface area contributed by atoms with Crippen LogP contribution in [0.4, 0.5) is 0 Å². The minimum absolute atomic E-state index is 0.316. The van der Waals surface area contributed by atoms with Gasteiger partial charge in [-0.25, -0.2) is 0 Å². The highest BCUT2D eigenvalue weighted by Gasteiger charge is 2.23. The van der Waals surface area contributed by atoms with E-state index in [4.69, 9.17) is 17.3 Å². The molecule has 0 spiro atoms. The fraction of sp³-hybridized carbons (Fsp3) is 0.174. The first kappa shape index (κ1) is 20.0. The fourth-order valence-corrected chi connectivity index (χ4v) is 4.78. The summed E-state index contributed by atoms with van der Waals surface area (Å²) in [5.74, 6) is 0. The van der Waals surface area contributed by atoms with Crippen LogP contribution >= 0.6 is 22.9 Å². The molecule has 4 aromatic rings. The molecule has 2 aromatic heterocycles. The van der Waals surface area contributed by atoms with E-state index in [0.717, 1.165) is 31.8 Å². The summed E-state index contributed by atoms with van der Waals surface area (Å²) in [6.45, 7) is 1.22. The second-order valence-corrected chi connectivity index (χ2v) is 8.72. The molecule has 4 N–H and O–H groups in total. The van der Waals surface area contributed by atoms with Crippen molar-refractivity contribution in [1.29, 1.82) is 0 Å². The molecule has 1 unspecified atom stereocenters. The van der Waals surface area contributed by atoms with Crippen LogP contribution in [0.25, 0.3) is 21.3 Å². The molecule has 0 aliphatic rings. The molecule has 0 saturated carbocycles. The van der Waals surface area contributed by atoms with Crippen molar-refractivity contribution < 1.29 is 10.2 Å². The minimum Gasteiger partial charge on any atom is -0.393 e. The summed E-state index contributed by atoms with van der Waals surface area (Å²) in [4.78, 5) is 5.51. The lowest BCUT2D eigenvalue weighted by atomic mass is 9.96. The van der Waals surface area contributed by atoms with Gasteiger partial charge in [0.2, 0.25) is 0 Å². The number of hydrogen-bond donors (Lipinski definition) is 3. The number of rotatable bonds is 5. The van der Waals surface area contributed by atoms with Crippen LogP contribution < -0.4 is 5.73 Å². The molecular weight excluding hydrogens is 404 g/mol. The van der Waals surface area contributed by atoms with Crippen molar-refractivity contribution in [2.45, 2.75) is 18.6 Å². The standard InChI is InChI=1S/C23H21ClN2O2S/c1-23(28,13-27)15-9-10-26-19(12-15)17-7-4-5-14-11-20(29-22(14)17)21(25)16-6-2-3-8-18(16)24/h2-12,21,27-28H,13,25H2,1H3/t21-,23?/m1/s1. The molecule has 0 radical (unpaired) electrons. The average molecular weight is 425 g/mol. The Balaban J connectivity index is 1.80. The monoisotopic (exact) mass is 424 g/mol. The topological polar surface area (TPSA) is 79.4 Å². The van der Waals surface area contributed by atoms with Gasteiger partial charge in [0.1, 0.15) is 5.60 Å². The number of hydrogen-bond acceptors (Lipinski definition) is 5. The average Bonchev–Trinajstić information content (AvgIpc) is 3.18. The van der Waals surface area contributed by atoms with E-state index in [9.17, 15) is 10.2 Å². The van der Waals surface area contributed by atoms with Crippen molar-refractivity contribution in [3.05, 3.63) is 87.9 Å². The lowest BCUT2D eigenvalue weighted by Gasteiger charge is -2.21. The second kappa shape index (κ2) is 7.86. The van der Waals surface area contributed by atoms with Crippen molar-refractivity contribution in [1.82, 2.24) is 4.98 Å². The van der Waals surface area contributed by atoms with Crippen LogP contribution in [-0.2, 0) is 5.60 Å². The molecule has 2 aromatic carbocycles. The quantitative estimate of drug-likeness (QED) is 0.427. The van der Waals surface area contributed by atoms with Gasteiger partial charge in [0.05, 0.1) is 18.3 Å². The van der Waals surface area contributed by atoms with Crippen molar-refractivity contribution in [3.8, 4) is 11.3 Å². The molecule has 2 heterocycles. The smallest absolute Gasteiger partial charge is 0.110 e. The van der Waals surface area contributed by atoms with E-state index in [-0.39, 0.29) is 12.6 Å². The SMILES string of the molecule is CC(O)(CO)c1ccnc(-c2cccc3cc([C@H](N)c4ccccc4Cl)sc23)c1. The molecule has 6 heteroatoms. The predicted molar refractivity (Wildman–Crippen MR) is 119 cm³/mol. The molecule has 4 nitrogen and oxygen atoms in total. The summed E-state index contributed by atoms with van der Waals surface area (Å²) in [5.41, 5.74) is 8.40. The van der Waals surface area contributed by atoms with Crippen molar-refractivity contribution in [2.75, 3.05) is 6.61 Å². The number of aromatic nitrogens is 1. The number of thiophene rings is 1. The van der Waals surface area contributed by atoms with E-state index in [1.54, 1.807) is 30.5 Å². The third kappa shape index (κ3) is 3.80. The van der Waals surface area contributed by atoms with Gasteiger partial charge in [0, 0.05) is 26.4 Å². The van der Waals surface area contributed by atoms with E-state index >= 15 is 0 Å². The zero-order chi connectivity index (χ0) is 20.6. The number of benzene rings is 2. The van der Waals surface area contributed by atoms with E-state index < -0.39 is 5.60 Å². The molecule has 0 saturated heterocycles. The normalized spacial score (nSPS) is 14.7. The van der Waals surface area contributed by atoms with Gasteiger partial charge in [-0.05, 0) is 47.7 Å². The zero-order valence-corrected chi connectivity index (χ0v) is 17.4.